The van der Waals surface area contributed by atoms with E-state index in [1.807, 2.05) is 0 Å². The van der Waals surface area contributed by atoms with E-state index < -0.39 is 0 Å². The van der Waals surface area contributed by atoms with Crippen LogP contribution in [0.5, 0.6) is 11.5 Å². The highest BCUT2D eigenvalue weighted by atomic mass is 16.5. The van der Waals surface area contributed by atoms with Crippen LogP contribution >= 0.6 is 0 Å². The second-order valence-electron chi connectivity index (χ2n) is 4.46. The summed E-state index contributed by atoms with van der Waals surface area (Å²) in [4.78, 5) is 19.4. The van der Waals surface area contributed by atoms with E-state index in [9.17, 15) is 4.79 Å². The molecular weight excluding hydrogens is 270 g/mol. The summed E-state index contributed by atoms with van der Waals surface area (Å²) < 4.78 is 10.3. The largest absolute Gasteiger partial charge is 0.497 e. The van der Waals surface area contributed by atoms with Crippen LogP contribution in [0.2, 0.25) is 0 Å². The topological polar surface area (TPSA) is 76.2 Å². The number of nitrogens with zero attached hydrogens (tertiary/aromatic N) is 1. The molecule has 112 valence electrons. The molecule has 0 bridgehead atoms. The van der Waals surface area contributed by atoms with Crippen LogP contribution < -0.4 is 14.8 Å². The lowest BCUT2D eigenvalue weighted by atomic mass is 10.1. The van der Waals surface area contributed by atoms with E-state index in [-0.39, 0.29) is 5.91 Å². The molecule has 0 fully saturated rings. The molecule has 2 rings (SSSR count). The Bertz CT molecular complexity index is 582. The van der Waals surface area contributed by atoms with Crippen molar-refractivity contribution in [3.05, 3.63) is 42.0 Å². The highest BCUT2D eigenvalue weighted by Gasteiger charge is 2.13. The summed E-state index contributed by atoms with van der Waals surface area (Å²) in [5.74, 6) is 1.89. The van der Waals surface area contributed by atoms with Crippen molar-refractivity contribution < 1.29 is 14.3 Å². The molecule has 0 aliphatic rings. The van der Waals surface area contributed by atoms with Crippen molar-refractivity contribution in [2.45, 2.75) is 12.8 Å². The van der Waals surface area contributed by atoms with Crippen molar-refractivity contribution in [3.8, 4) is 11.5 Å². The molecule has 0 spiro atoms. The van der Waals surface area contributed by atoms with E-state index in [0.29, 0.717) is 23.6 Å². The number of amides is 1. The summed E-state index contributed by atoms with van der Waals surface area (Å²) in [5, 5.41) is 2.87. The van der Waals surface area contributed by atoms with Crippen LogP contribution in [0.4, 0.5) is 0 Å². The number of aromatic amines is 1. The number of methoxy groups -OCH3 is 2. The van der Waals surface area contributed by atoms with Gasteiger partial charge in [-0.05, 0) is 24.6 Å². The maximum atomic E-state index is 12.2. The molecule has 6 nitrogen and oxygen atoms in total. The molecule has 2 N–H and O–H groups in total. The summed E-state index contributed by atoms with van der Waals surface area (Å²) in [6, 6.07) is 5.14. The molecular formula is C15H19N3O3. The molecule has 0 aliphatic carbocycles. The lowest BCUT2D eigenvalue weighted by molar-refractivity contribution is 0.0949. The quantitative estimate of drug-likeness (QED) is 0.762. The van der Waals surface area contributed by atoms with Crippen LogP contribution in [0.15, 0.2) is 30.6 Å². The van der Waals surface area contributed by atoms with Crippen LogP contribution in [0, 0.1) is 0 Å². The third-order valence-electron chi connectivity index (χ3n) is 3.08. The first kappa shape index (κ1) is 14.9. The van der Waals surface area contributed by atoms with Crippen LogP contribution in [-0.4, -0.2) is 36.6 Å². The average molecular weight is 289 g/mol. The minimum atomic E-state index is -0.176. The van der Waals surface area contributed by atoms with Crippen molar-refractivity contribution in [2.24, 2.45) is 0 Å². The molecule has 6 heteroatoms. The van der Waals surface area contributed by atoms with Crippen molar-refractivity contribution in [1.29, 1.82) is 0 Å². The molecule has 0 aliphatic heterocycles. The normalized spacial score (nSPS) is 10.2. The molecule has 1 aromatic carbocycles. The van der Waals surface area contributed by atoms with Crippen molar-refractivity contribution in [3.63, 3.8) is 0 Å². The third-order valence-corrected chi connectivity index (χ3v) is 3.08. The van der Waals surface area contributed by atoms with Gasteiger partial charge < -0.3 is 19.8 Å². The Balaban J connectivity index is 1.90. The highest BCUT2D eigenvalue weighted by Crippen LogP contribution is 2.23. The first-order valence-electron chi connectivity index (χ1n) is 6.73. The van der Waals surface area contributed by atoms with E-state index in [0.717, 1.165) is 18.7 Å². The maximum Gasteiger partial charge on any atom is 0.255 e. The molecule has 0 saturated carbocycles. The van der Waals surface area contributed by atoms with Gasteiger partial charge in [-0.2, -0.15) is 0 Å². The smallest absolute Gasteiger partial charge is 0.255 e. The lowest BCUT2D eigenvalue weighted by Crippen LogP contribution is -2.25. The second kappa shape index (κ2) is 7.33. The Kier molecular flexibility index (Phi) is 5.20. The van der Waals surface area contributed by atoms with Crippen molar-refractivity contribution in [1.82, 2.24) is 15.3 Å². The van der Waals surface area contributed by atoms with E-state index in [1.165, 1.54) is 7.11 Å². The second-order valence-corrected chi connectivity index (χ2v) is 4.46. The molecule has 1 aromatic heterocycles. The van der Waals surface area contributed by atoms with Gasteiger partial charge in [0.05, 0.1) is 19.8 Å². The zero-order chi connectivity index (χ0) is 15.1. The van der Waals surface area contributed by atoms with Crippen LogP contribution in [0.1, 0.15) is 22.6 Å². The lowest BCUT2D eigenvalue weighted by Gasteiger charge is -2.10. The van der Waals surface area contributed by atoms with Gasteiger partial charge in [0, 0.05) is 25.4 Å². The number of imidazole rings is 1. The number of H-pyrrole nitrogens is 1. The van der Waals surface area contributed by atoms with E-state index in [2.05, 4.69) is 15.3 Å². The molecule has 21 heavy (non-hydrogen) atoms. The van der Waals surface area contributed by atoms with E-state index in [4.69, 9.17) is 9.47 Å². The number of hydrogen-bond acceptors (Lipinski definition) is 4. The number of hydrogen-bond donors (Lipinski definition) is 2. The number of ether oxygens (including phenoxy) is 2. The first-order valence-corrected chi connectivity index (χ1v) is 6.73. The summed E-state index contributed by atoms with van der Waals surface area (Å²) in [6.07, 6.45) is 5.11. The van der Waals surface area contributed by atoms with E-state index >= 15 is 0 Å². The summed E-state index contributed by atoms with van der Waals surface area (Å²) >= 11 is 0. The fourth-order valence-electron chi connectivity index (χ4n) is 1.98. The van der Waals surface area contributed by atoms with E-state index in [1.54, 1.807) is 37.7 Å². The van der Waals surface area contributed by atoms with Gasteiger partial charge in [0.2, 0.25) is 0 Å². The molecule has 0 saturated heterocycles. The number of aryl methyl sites for hydroxylation is 1. The Labute approximate surface area is 123 Å². The molecule has 0 atom stereocenters. The minimum Gasteiger partial charge on any atom is -0.497 e. The van der Waals surface area contributed by atoms with Gasteiger partial charge in [0.1, 0.15) is 17.3 Å². The molecule has 2 aromatic rings. The number of carbonyl (C=O) groups is 1. The van der Waals surface area contributed by atoms with Crippen LogP contribution in [0.3, 0.4) is 0 Å². The van der Waals surface area contributed by atoms with Gasteiger partial charge in [-0.1, -0.05) is 0 Å². The van der Waals surface area contributed by atoms with Gasteiger partial charge >= 0.3 is 0 Å². The van der Waals surface area contributed by atoms with Crippen molar-refractivity contribution >= 4 is 5.91 Å². The SMILES string of the molecule is COc1ccc(OC)c(C(=O)NCCCc2ncc[nH]2)c1. The Morgan fingerprint density at radius 3 is 2.86 bits per heavy atom. The fourth-order valence-corrected chi connectivity index (χ4v) is 1.98. The zero-order valence-electron chi connectivity index (χ0n) is 12.2. The van der Waals surface area contributed by atoms with Gasteiger partial charge in [-0.25, -0.2) is 4.98 Å². The molecule has 0 unspecified atom stereocenters. The van der Waals surface area contributed by atoms with Crippen molar-refractivity contribution in [2.75, 3.05) is 20.8 Å². The summed E-state index contributed by atoms with van der Waals surface area (Å²) in [5.41, 5.74) is 0.467. The van der Waals surface area contributed by atoms with Crippen LogP contribution in [0.25, 0.3) is 0 Å². The van der Waals surface area contributed by atoms with Crippen LogP contribution in [-0.2, 0) is 6.42 Å². The standard InChI is InChI=1S/C15H19N3O3/c1-20-11-5-6-13(21-2)12(10-11)15(19)18-7-3-4-14-16-8-9-17-14/h5-6,8-10H,3-4,7H2,1-2H3,(H,16,17)(H,18,19). The number of carbonyl (C=O) groups excluding carboxylic acids is 1. The molecule has 0 radical (unpaired) electrons. The van der Waals surface area contributed by atoms with Gasteiger partial charge in [0.25, 0.3) is 5.91 Å². The minimum absolute atomic E-state index is 0.176. The molecule has 1 heterocycles. The highest BCUT2D eigenvalue weighted by molar-refractivity contribution is 5.97. The summed E-state index contributed by atoms with van der Waals surface area (Å²) in [7, 11) is 3.10. The Morgan fingerprint density at radius 2 is 2.19 bits per heavy atom. The predicted molar refractivity (Wildman–Crippen MR) is 78.8 cm³/mol. The Hall–Kier alpha value is -2.50. The first-order chi connectivity index (χ1) is 10.2. The van der Waals surface area contributed by atoms with Gasteiger partial charge in [0.15, 0.2) is 0 Å². The number of aromatic nitrogens is 2. The predicted octanol–water partition coefficient (Wildman–Crippen LogP) is 1.79. The Morgan fingerprint density at radius 1 is 1.33 bits per heavy atom. The number of rotatable bonds is 7. The fraction of sp³-hybridized carbons (Fsp3) is 0.333. The zero-order valence-corrected chi connectivity index (χ0v) is 12.2. The number of benzene rings is 1. The monoisotopic (exact) mass is 289 g/mol. The molecule has 1 amide bonds. The average Bonchev–Trinajstić information content (AvgIpc) is 3.04. The van der Waals surface area contributed by atoms with Gasteiger partial charge in [-0.3, -0.25) is 4.79 Å². The maximum absolute atomic E-state index is 12.2. The summed E-state index contributed by atoms with van der Waals surface area (Å²) in [6.45, 7) is 0.569. The number of nitrogens with one attached hydrogen (secondary N) is 2. The third kappa shape index (κ3) is 3.98. The van der Waals surface area contributed by atoms with Gasteiger partial charge in [-0.15, -0.1) is 0 Å².